The topological polar surface area (TPSA) is 29.9 Å². The predicted molar refractivity (Wildman–Crippen MR) is 63.3 cm³/mol. The number of nitrogens with one attached hydrogen (secondary N) is 1. The highest BCUT2D eigenvalue weighted by atomic mass is 15.3. The molecule has 1 aromatic heterocycles. The Morgan fingerprint density at radius 2 is 2.00 bits per heavy atom. The fourth-order valence-electron chi connectivity index (χ4n) is 2.49. The van der Waals surface area contributed by atoms with Crippen LogP contribution in [-0.2, 0) is 6.54 Å². The molecule has 0 bridgehead atoms. The lowest BCUT2D eigenvalue weighted by atomic mass is 10.2. The molecular weight excluding hydrogens is 186 g/mol. The van der Waals surface area contributed by atoms with Gasteiger partial charge in [-0.2, -0.15) is 5.10 Å². The highest BCUT2D eigenvalue weighted by Crippen LogP contribution is 2.26. The SMILES string of the molecule is CCn1nc(C)c(NC2CCCC2)c1C. The first-order valence-corrected chi connectivity index (χ1v) is 6.03. The van der Waals surface area contributed by atoms with Crippen molar-refractivity contribution in [3.63, 3.8) is 0 Å². The van der Waals surface area contributed by atoms with Crippen molar-refractivity contribution < 1.29 is 0 Å². The molecule has 0 saturated heterocycles. The standard InChI is InChI=1S/C12H21N3/c1-4-15-10(3)12(9(2)14-15)13-11-7-5-6-8-11/h11,13H,4-8H2,1-3H3. The number of aromatic nitrogens is 2. The van der Waals surface area contributed by atoms with Crippen LogP contribution in [0, 0.1) is 13.8 Å². The first-order chi connectivity index (χ1) is 7.22. The summed E-state index contributed by atoms with van der Waals surface area (Å²) < 4.78 is 2.08. The molecule has 15 heavy (non-hydrogen) atoms. The van der Waals surface area contributed by atoms with Crippen molar-refractivity contribution in [2.75, 3.05) is 5.32 Å². The average Bonchev–Trinajstić information content (AvgIpc) is 2.81. The Labute approximate surface area is 91.9 Å². The van der Waals surface area contributed by atoms with Crippen LogP contribution in [0.4, 0.5) is 5.69 Å². The third-order valence-corrected chi connectivity index (χ3v) is 3.38. The molecule has 84 valence electrons. The molecule has 0 atom stereocenters. The van der Waals surface area contributed by atoms with E-state index in [2.05, 4.69) is 35.9 Å². The van der Waals surface area contributed by atoms with E-state index in [-0.39, 0.29) is 0 Å². The van der Waals surface area contributed by atoms with E-state index in [1.807, 2.05) is 0 Å². The number of anilines is 1. The smallest absolute Gasteiger partial charge is 0.0828 e. The highest BCUT2D eigenvalue weighted by Gasteiger charge is 2.18. The Hall–Kier alpha value is -0.990. The van der Waals surface area contributed by atoms with Crippen molar-refractivity contribution in [1.82, 2.24) is 9.78 Å². The molecule has 0 spiro atoms. The molecule has 1 aliphatic carbocycles. The Balaban J connectivity index is 2.15. The van der Waals surface area contributed by atoms with E-state index in [1.54, 1.807) is 0 Å². The summed E-state index contributed by atoms with van der Waals surface area (Å²) in [6.07, 6.45) is 5.38. The van der Waals surface area contributed by atoms with E-state index in [4.69, 9.17) is 0 Å². The largest absolute Gasteiger partial charge is 0.379 e. The number of hydrogen-bond donors (Lipinski definition) is 1. The highest BCUT2D eigenvalue weighted by molar-refractivity contribution is 5.52. The molecule has 1 aromatic rings. The summed E-state index contributed by atoms with van der Waals surface area (Å²) in [5, 5.41) is 8.17. The first-order valence-electron chi connectivity index (χ1n) is 6.03. The van der Waals surface area contributed by atoms with Crippen LogP contribution in [0.1, 0.15) is 44.0 Å². The van der Waals surface area contributed by atoms with Crippen LogP contribution in [0.25, 0.3) is 0 Å². The predicted octanol–water partition coefficient (Wildman–Crippen LogP) is 2.87. The fraction of sp³-hybridized carbons (Fsp3) is 0.750. The maximum absolute atomic E-state index is 4.52. The van der Waals surface area contributed by atoms with Crippen LogP contribution in [0.15, 0.2) is 0 Å². The maximum atomic E-state index is 4.52. The van der Waals surface area contributed by atoms with Gasteiger partial charge in [-0.1, -0.05) is 12.8 Å². The van der Waals surface area contributed by atoms with Gasteiger partial charge in [-0.05, 0) is 33.6 Å². The van der Waals surface area contributed by atoms with Crippen LogP contribution in [-0.4, -0.2) is 15.8 Å². The van der Waals surface area contributed by atoms with Crippen LogP contribution in [0.3, 0.4) is 0 Å². The molecule has 0 unspecified atom stereocenters. The lowest BCUT2D eigenvalue weighted by molar-refractivity contribution is 0.634. The zero-order chi connectivity index (χ0) is 10.8. The summed E-state index contributed by atoms with van der Waals surface area (Å²) in [4.78, 5) is 0. The second-order valence-electron chi connectivity index (χ2n) is 4.49. The normalized spacial score (nSPS) is 17.3. The van der Waals surface area contributed by atoms with Crippen molar-refractivity contribution in [2.45, 2.75) is 59.0 Å². The van der Waals surface area contributed by atoms with Gasteiger partial charge in [-0.3, -0.25) is 4.68 Å². The summed E-state index contributed by atoms with van der Waals surface area (Å²) >= 11 is 0. The number of rotatable bonds is 3. The molecular formula is C12H21N3. The molecule has 1 aliphatic rings. The molecule has 3 nitrogen and oxygen atoms in total. The summed E-state index contributed by atoms with van der Waals surface area (Å²) in [7, 11) is 0. The molecule has 1 heterocycles. The lowest BCUT2D eigenvalue weighted by Gasteiger charge is -2.13. The second-order valence-corrected chi connectivity index (χ2v) is 4.49. The van der Waals surface area contributed by atoms with Gasteiger partial charge >= 0.3 is 0 Å². The van der Waals surface area contributed by atoms with Crippen molar-refractivity contribution in [3.05, 3.63) is 11.4 Å². The van der Waals surface area contributed by atoms with Gasteiger partial charge < -0.3 is 5.32 Å². The minimum absolute atomic E-state index is 0.678. The lowest BCUT2D eigenvalue weighted by Crippen LogP contribution is -2.15. The van der Waals surface area contributed by atoms with Gasteiger partial charge in [-0.25, -0.2) is 0 Å². The molecule has 1 fully saturated rings. The zero-order valence-corrected chi connectivity index (χ0v) is 10.0. The number of hydrogen-bond acceptors (Lipinski definition) is 2. The van der Waals surface area contributed by atoms with Gasteiger partial charge in [0, 0.05) is 12.6 Å². The Morgan fingerprint density at radius 3 is 2.53 bits per heavy atom. The van der Waals surface area contributed by atoms with Crippen LogP contribution in [0.5, 0.6) is 0 Å². The van der Waals surface area contributed by atoms with Gasteiger partial charge in [-0.15, -0.1) is 0 Å². The Kier molecular flexibility index (Phi) is 2.98. The van der Waals surface area contributed by atoms with Gasteiger partial charge in [0.25, 0.3) is 0 Å². The summed E-state index contributed by atoms with van der Waals surface area (Å²) in [5.41, 5.74) is 3.69. The van der Waals surface area contributed by atoms with Crippen molar-refractivity contribution in [2.24, 2.45) is 0 Å². The maximum Gasteiger partial charge on any atom is 0.0828 e. The van der Waals surface area contributed by atoms with Crippen LogP contribution in [0.2, 0.25) is 0 Å². The molecule has 0 aliphatic heterocycles. The van der Waals surface area contributed by atoms with Crippen molar-refractivity contribution in [1.29, 1.82) is 0 Å². The van der Waals surface area contributed by atoms with Crippen molar-refractivity contribution >= 4 is 5.69 Å². The van der Waals surface area contributed by atoms with E-state index >= 15 is 0 Å². The molecule has 3 heteroatoms. The summed E-state index contributed by atoms with van der Waals surface area (Å²) in [5.74, 6) is 0. The molecule has 0 radical (unpaired) electrons. The van der Waals surface area contributed by atoms with E-state index in [9.17, 15) is 0 Å². The van der Waals surface area contributed by atoms with E-state index in [1.165, 1.54) is 37.1 Å². The molecule has 0 aromatic carbocycles. The van der Waals surface area contributed by atoms with E-state index in [0.717, 1.165) is 12.2 Å². The van der Waals surface area contributed by atoms with Gasteiger partial charge in [0.05, 0.1) is 17.1 Å². The molecule has 1 N–H and O–H groups in total. The Bertz CT molecular complexity index is 335. The van der Waals surface area contributed by atoms with Gasteiger partial charge in [0.1, 0.15) is 0 Å². The Morgan fingerprint density at radius 1 is 1.33 bits per heavy atom. The third kappa shape index (κ3) is 2.01. The average molecular weight is 207 g/mol. The quantitative estimate of drug-likeness (QED) is 0.826. The summed E-state index contributed by atoms with van der Waals surface area (Å²) in [6, 6.07) is 0.678. The fourth-order valence-corrected chi connectivity index (χ4v) is 2.49. The third-order valence-electron chi connectivity index (χ3n) is 3.38. The molecule has 2 rings (SSSR count). The molecule has 0 amide bonds. The first kappa shape index (κ1) is 10.5. The summed E-state index contributed by atoms with van der Waals surface area (Å²) in [6.45, 7) is 7.34. The van der Waals surface area contributed by atoms with Crippen LogP contribution < -0.4 is 5.32 Å². The number of nitrogens with zero attached hydrogens (tertiary/aromatic N) is 2. The minimum Gasteiger partial charge on any atom is -0.379 e. The zero-order valence-electron chi connectivity index (χ0n) is 10.0. The second kappa shape index (κ2) is 4.25. The number of aryl methyl sites for hydroxylation is 2. The minimum atomic E-state index is 0.678. The molecule has 1 saturated carbocycles. The van der Waals surface area contributed by atoms with Crippen molar-refractivity contribution in [3.8, 4) is 0 Å². The van der Waals surface area contributed by atoms with E-state index < -0.39 is 0 Å². The van der Waals surface area contributed by atoms with Gasteiger partial charge in [0.2, 0.25) is 0 Å². The van der Waals surface area contributed by atoms with Gasteiger partial charge in [0.15, 0.2) is 0 Å². The van der Waals surface area contributed by atoms with Crippen LogP contribution >= 0.6 is 0 Å². The monoisotopic (exact) mass is 207 g/mol. The van der Waals surface area contributed by atoms with E-state index in [0.29, 0.717) is 6.04 Å².